The van der Waals surface area contributed by atoms with Crippen molar-refractivity contribution < 1.29 is 4.11 Å². The second kappa shape index (κ2) is 1.90. The van der Waals surface area contributed by atoms with E-state index in [-0.39, 0.29) is 10.1 Å². The van der Waals surface area contributed by atoms with Crippen LogP contribution in [0.25, 0.3) is 0 Å². The van der Waals surface area contributed by atoms with Gasteiger partial charge in [0.1, 0.15) is 6.21 Å². The van der Waals surface area contributed by atoms with Crippen LogP contribution in [0.2, 0.25) is 0 Å². The number of guanidine groups is 1. The van der Waals surface area contributed by atoms with E-state index in [9.17, 15) is 0 Å². The van der Waals surface area contributed by atoms with Crippen LogP contribution in [0.4, 0.5) is 0 Å². The molecule has 56 valence electrons. The van der Waals surface area contributed by atoms with Gasteiger partial charge in [0.25, 0.3) is 11.8 Å². The molecule has 0 saturated heterocycles. The summed E-state index contributed by atoms with van der Waals surface area (Å²) >= 11 is 5.93. The van der Waals surface area contributed by atoms with Crippen molar-refractivity contribution in [1.29, 1.82) is 0 Å². The van der Waals surface area contributed by atoms with E-state index in [4.69, 9.17) is 17.5 Å². The molecule has 2 heterocycles. The molecule has 0 bridgehead atoms. The topological polar surface area (TPSA) is 63.1 Å². The molecule has 2 aliphatic rings. The van der Waals surface area contributed by atoms with E-state index in [1.807, 2.05) is 0 Å². The number of halogens is 1. The molecule has 0 aromatic rings. The van der Waals surface area contributed by atoms with E-state index in [1.165, 1.54) is 6.21 Å². The number of fused-ring (bicyclic) bond motifs is 1. The lowest BCUT2D eigenvalue weighted by atomic mass is 10.5. The van der Waals surface area contributed by atoms with Gasteiger partial charge in [-0.15, -0.1) is 0 Å². The minimum absolute atomic E-state index is 0.174. The standard InChI is InChI=1S/C5H5ClN5/c6-11-2-1-8-3-4(11)9-5(7)10-11/h1-3H,(H2,7,10)/q+1. The van der Waals surface area contributed by atoms with Gasteiger partial charge in [-0.05, 0) is 9.21 Å². The fourth-order valence-corrected chi connectivity index (χ4v) is 1.08. The van der Waals surface area contributed by atoms with E-state index >= 15 is 0 Å². The molecule has 2 rings (SSSR count). The van der Waals surface area contributed by atoms with Gasteiger partial charge in [-0.2, -0.15) is 4.99 Å². The summed E-state index contributed by atoms with van der Waals surface area (Å²) in [5.41, 5.74) is 5.35. The Morgan fingerprint density at radius 1 is 1.55 bits per heavy atom. The zero-order valence-electron chi connectivity index (χ0n) is 5.48. The smallest absolute Gasteiger partial charge is 0.300 e. The monoisotopic (exact) mass is 170 g/mol. The average molecular weight is 171 g/mol. The Bertz CT molecular complexity index is 315. The molecule has 0 aliphatic carbocycles. The van der Waals surface area contributed by atoms with Crippen molar-refractivity contribution >= 4 is 29.8 Å². The van der Waals surface area contributed by atoms with Crippen molar-refractivity contribution in [3.05, 3.63) is 12.4 Å². The van der Waals surface area contributed by atoms with Crippen molar-refractivity contribution in [2.75, 3.05) is 0 Å². The predicted octanol–water partition coefficient (Wildman–Crippen LogP) is 0.154. The van der Waals surface area contributed by atoms with Crippen LogP contribution in [-0.2, 0) is 0 Å². The molecule has 11 heavy (non-hydrogen) atoms. The number of nitrogens with two attached hydrogens (primary N) is 1. The van der Waals surface area contributed by atoms with Gasteiger partial charge >= 0.3 is 0 Å². The molecule has 0 radical (unpaired) electrons. The summed E-state index contributed by atoms with van der Waals surface area (Å²) in [6.07, 6.45) is 4.66. The minimum atomic E-state index is -0.241. The van der Waals surface area contributed by atoms with Crippen molar-refractivity contribution in [2.24, 2.45) is 20.8 Å². The van der Waals surface area contributed by atoms with E-state index < -0.39 is 0 Å². The number of hydrogen-bond donors (Lipinski definition) is 1. The molecule has 6 heteroatoms. The number of amidine groups is 1. The first kappa shape index (κ1) is 6.51. The summed E-state index contributed by atoms with van der Waals surface area (Å²) in [7, 11) is 0. The summed E-state index contributed by atoms with van der Waals surface area (Å²) < 4.78 is -0.241. The van der Waals surface area contributed by atoms with Crippen LogP contribution in [0.1, 0.15) is 0 Å². The molecule has 0 aromatic carbocycles. The number of hydrogen-bond acceptors (Lipinski definition) is 4. The molecule has 2 aliphatic heterocycles. The quantitative estimate of drug-likeness (QED) is 0.517. The summed E-state index contributed by atoms with van der Waals surface area (Å²) in [6.45, 7) is 0. The largest absolute Gasteiger partial charge is 0.363 e. The first-order valence-corrected chi connectivity index (χ1v) is 3.29. The van der Waals surface area contributed by atoms with Crippen molar-refractivity contribution in [3.63, 3.8) is 0 Å². The number of nitrogens with zero attached hydrogens (tertiary/aromatic N) is 4. The van der Waals surface area contributed by atoms with Crippen LogP contribution in [0.15, 0.2) is 27.5 Å². The van der Waals surface area contributed by atoms with E-state index in [0.717, 1.165) is 0 Å². The molecule has 0 spiro atoms. The maximum Gasteiger partial charge on any atom is 0.300 e. The first-order chi connectivity index (χ1) is 5.21. The van der Waals surface area contributed by atoms with Gasteiger partial charge in [0.05, 0.1) is 6.20 Å². The second-order valence-corrected chi connectivity index (χ2v) is 2.62. The highest BCUT2D eigenvalue weighted by molar-refractivity contribution is 6.35. The van der Waals surface area contributed by atoms with Gasteiger partial charge in [0, 0.05) is 0 Å². The highest BCUT2D eigenvalue weighted by Gasteiger charge is 2.38. The van der Waals surface area contributed by atoms with Crippen molar-refractivity contribution in [3.8, 4) is 0 Å². The summed E-state index contributed by atoms with van der Waals surface area (Å²) in [4.78, 5) is 7.70. The molecular weight excluding hydrogens is 166 g/mol. The lowest BCUT2D eigenvalue weighted by Crippen LogP contribution is -2.33. The van der Waals surface area contributed by atoms with Gasteiger partial charge in [-0.1, -0.05) is 0 Å². The Morgan fingerprint density at radius 2 is 2.36 bits per heavy atom. The highest BCUT2D eigenvalue weighted by Crippen LogP contribution is 2.22. The Morgan fingerprint density at radius 3 is 3.09 bits per heavy atom. The number of rotatable bonds is 0. The summed E-state index contributed by atoms with van der Waals surface area (Å²) in [5.74, 6) is 0.694. The molecular formula is C5H5ClN5+. The van der Waals surface area contributed by atoms with Crippen LogP contribution in [0, 0.1) is 0 Å². The molecule has 5 nitrogen and oxygen atoms in total. The predicted molar refractivity (Wildman–Crippen MR) is 42.8 cm³/mol. The van der Waals surface area contributed by atoms with Crippen LogP contribution < -0.4 is 5.73 Å². The molecule has 0 saturated carbocycles. The van der Waals surface area contributed by atoms with E-state index in [1.54, 1.807) is 12.4 Å². The van der Waals surface area contributed by atoms with Crippen LogP contribution >= 0.6 is 11.8 Å². The SMILES string of the molecule is NC1=N[N+]2(Cl)C=CN=CC2=N1. The second-order valence-electron chi connectivity index (χ2n) is 2.11. The molecule has 0 aromatic heterocycles. The van der Waals surface area contributed by atoms with Gasteiger partial charge in [0.15, 0.2) is 6.20 Å². The third kappa shape index (κ3) is 0.856. The van der Waals surface area contributed by atoms with Crippen LogP contribution in [0.3, 0.4) is 0 Å². The fourth-order valence-electron chi connectivity index (χ4n) is 0.866. The maximum atomic E-state index is 5.93. The minimum Gasteiger partial charge on any atom is -0.363 e. The molecule has 2 N–H and O–H groups in total. The maximum absolute atomic E-state index is 5.93. The summed E-state index contributed by atoms with van der Waals surface area (Å²) in [5, 5.41) is 3.86. The number of quaternary nitrogens is 1. The fraction of sp³-hybridized carbons (Fsp3) is 0. The van der Waals surface area contributed by atoms with Gasteiger partial charge in [0.2, 0.25) is 11.8 Å². The Balaban J connectivity index is 2.52. The highest BCUT2D eigenvalue weighted by atomic mass is 35.5. The third-order valence-electron chi connectivity index (χ3n) is 1.34. The zero-order chi connectivity index (χ0) is 7.90. The third-order valence-corrected chi connectivity index (χ3v) is 1.70. The van der Waals surface area contributed by atoms with E-state index in [2.05, 4.69) is 15.1 Å². The molecule has 1 unspecified atom stereocenters. The summed E-state index contributed by atoms with van der Waals surface area (Å²) in [6, 6.07) is 0. The van der Waals surface area contributed by atoms with Gasteiger partial charge in [-0.25, -0.2) is 0 Å². The van der Waals surface area contributed by atoms with Gasteiger partial charge < -0.3 is 5.73 Å². The average Bonchev–Trinajstić information content (AvgIpc) is 2.22. The lowest BCUT2D eigenvalue weighted by Gasteiger charge is -2.11. The first-order valence-electron chi connectivity index (χ1n) is 2.95. The van der Waals surface area contributed by atoms with Crippen LogP contribution in [-0.4, -0.2) is 22.1 Å². The van der Waals surface area contributed by atoms with Crippen molar-refractivity contribution in [1.82, 2.24) is 0 Å². The van der Waals surface area contributed by atoms with Crippen LogP contribution in [0.5, 0.6) is 0 Å². The Labute approximate surface area is 67.9 Å². The normalized spacial score (nSPS) is 33.2. The van der Waals surface area contributed by atoms with Gasteiger partial charge in [-0.3, -0.25) is 4.99 Å². The number of aliphatic imine (C=N–C) groups is 2. The lowest BCUT2D eigenvalue weighted by molar-refractivity contribution is -0.659. The Hall–Kier alpha value is -1.20. The zero-order valence-corrected chi connectivity index (χ0v) is 6.23. The molecule has 0 fully saturated rings. The molecule has 0 amide bonds. The van der Waals surface area contributed by atoms with E-state index in [0.29, 0.717) is 5.84 Å². The Kier molecular flexibility index (Phi) is 1.12. The molecule has 1 atom stereocenters. The van der Waals surface area contributed by atoms with Crippen molar-refractivity contribution in [2.45, 2.75) is 0 Å².